The molecule has 0 unspecified atom stereocenters. The molecule has 2 amide bonds. The van der Waals surface area contributed by atoms with Crippen LogP contribution in [0, 0.1) is 6.92 Å². The summed E-state index contributed by atoms with van der Waals surface area (Å²) < 4.78 is 2.37. The Morgan fingerprint density at radius 1 is 1.04 bits per heavy atom. The first-order chi connectivity index (χ1) is 12.8. The zero-order valence-corrected chi connectivity index (χ0v) is 17.2. The van der Waals surface area contributed by atoms with Crippen molar-refractivity contribution in [3.8, 4) is 0 Å². The molecule has 0 saturated heterocycles. The number of para-hydroxylation sites is 1. The van der Waals surface area contributed by atoms with Gasteiger partial charge < -0.3 is 19.7 Å². The average Bonchev–Trinajstić information content (AvgIpc) is 2.97. The molecule has 0 fully saturated rings. The molecule has 5 nitrogen and oxygen atoms in total. The lowest BCUT2D eigenvalue weighted by molar-refractivity contribution is 0.217. The van der Waals surface area contributed by atoms with Crippen molar-refractivity contribution >= 4 is 33.5 Å². The number of anilines is 1. The highest BCUT2D eigenvalue weighted by atomic mass is 16.2. The molecule has 0 aliphatic rings. The van der Waals surface area contributed by atoms with E-state index in [0.717, 1.165) is 17.8 Å². The number of fused-ring (bicyclic) bond motifs is 3. The van der Waals surface area contributed by atoms with Crippen molar-refractivity contribution in [3.05, 3.63) is 42.0 Å². The van der Waals surface area contributed by atoms with Crippen LogP contribution in [0.5, 0.6) is 0 Å². The molecule has 3 aromatic rings. The van der Waals surface area contributed by atoms with Gasteiger partial charge in [0.25, 0.3) is 0 Å². The van der Waals surface area contributed by atoms with E-state index in [1.165, 1.54) is 21.8 Å². The van der Waals surface area contributed by atoms with Crippen LogP contribution in [-0.2, 0) is 0 Å². The number of amides is 2. The molecule has 0 spiro atoms. The second-order valence-electron chi connectivity index (χ2n) is 7.77. The van der Waals surface area contributed by atoms with Crippen LogP contribution in [0.3, 0.4) is 0 Å². The molecule has 0 radical (unpaired) electrons. The maximum absolute atomic E-state index is 12.6. The van der Waals surface area contributed by atoms with Crippen molar-refractivity contribution in [2.24, 2.45) is 0 Å². The standard InChI is InChI=1S/C22H30N4O/c1-15(2)26-19-10-8-7-9-17(19)21-16(3)18(11-12-20(21)26)23-22(27)25(6)14-13-24(4)5/h7-12,15H,13-14H2,1-6H3,(H,23,27). The van der Waals surface area contributed by atoms with Crippen molar-refractivity contribution in [2.45, 2.75) is 26.8 Å². The van der Waals surface area contributed by atoms with E-state index in [-0.39, 0.29) is 6.03 Å². The first kappa shape index (κ1) is 19.2. The maximum atomic E-state index is 12.6. The zero-order valence-electron chi connectivity index (χ0n) is 17.2. The highest BCUT2D eigenvalue weighted by Crippen LogP contribution is 2.36. The van der Waals surface area contributed by atoms with E-state index in [1.54, 1.807) is 4.90 Å². The van der Waals surface area contributed by atoms with Crippen LogP contribution in [0.25, 0.3) is 21.8 Å². The minimum Gasteiger partial charge on any atom is -0.338 e. The van der Waals surface area contributed by atoms with Crippen LogP contribution >= 0.6 is 0 Å². The third-order valence-corrected chi connectivity index (χ3v) is 5.12. The molecule has 5 heteroatoms. The van der Waals surface area contributed by atoms with E-state index in [0.29, 0.717) is 12.6 Å². The number of urea groups is 1. The van der Waals surface area contributed by atoms with Crippen LogP contribution < -0.4 is 5.32 Å². The number of hydrogen-bond acceptors (Lipinski definition) is 2. The molecule has 1 aromatic heterocycles. The number of carbonyl (C=O) groups is 1. The lowest BCUT2D eigenvalue weighted by Crippen LogP contribution is -2.36. The molecule has 0 atom stereocenters. The van der Waals surface area contributed by atoms with Crippen molar-refractivity contribution in [1.29, 1.82) is 0 Å². The van der Waals surface area contributed by atoms with Gasteiger partial charge in [0, 0.05) is 53.7 Å². The number of carbonyl (C=O) groups excluding carboxylic acids is 1. The van der Waals surface area contributed by atoms with Gasteiger partial charge in [-0.2, -0.15) is 0 Å². The summed E-state index contributed by atoms with van der Waals surface area (Å²) >= 11 is 0. The normalized spacial score (nSPS) is 11.7. The number of nitrogens with one attached hydrogen (secondary N) is 1. The summed E-state index contributed by atoms with van der Waals surface area (Å²) in [6.07, 6.45) is 0. The predicted octanol–water partition coefficient (Wildman–Crippen LogP) is 4.71. The first-order valence-corrected chi connectivity index (χ1v) is 9.50. The van der Waals surface area contributed by atoms with Crippen LogP contribution in [0.4, 0.5) is 10.5 Å². The molecule has 0 bridgehead atoms. The zero-order chi connectivity index (χ0) is 19.7. The van der Waals surface area contributed by atoms with E-state index in [2.05, 4.69) is 65.9 Å². The number of likely N-dealkylation sites (N-methyl/N-ethyl adjacent to an activating group) is 2. The van der Waals surface area contributed by atoms with Crippen molar-refractivity contribution in [3.63, 3.8) is 0 Å². The largest absolute Gasteiger partial charge is 0.338 e. The lowest BCUT2D eigenvalue weighted by atomic mass is 10.1. The Morgan fingerprint density at radius 3 is 2.41 bits per heavy atom. The highest BCUT2D eigenvalue weighted by molar-refractivity contribution is 6.12. The van der Waals surface area contributed by atoms with Crippen LogP contribution in [0.2, 0.25) is 0 Å². The Labute approximate surface area is 161 Å². The second-order valence-corrected chi connectivity index (χ2v) is 7.77. The van der Waals surface area contributed by atoms with Crippen molar-refractivity contribution in [2.75, 3.05) is 39.5 Å². The third-order valence-electron chi connectivity index (χ3n) is 5.12. The molecular formula is C22H30N4O. The predicted molar refractivity (Wildman–Crippen MR) is 115 cm³/mol. The third kappa shape index (κ3) is 3.65. The fraction of sp³-hybridized carbons (Fsp3) is 0.409. The van der Waals surface area contributed by atoms with Gasteiger partial charge in [0.05, 0.1) is 0 Å². The number of hydrogen-bond donors (Lipinski definition) is 1. The van der Waals surface area contributed by atoms with Gasteiger partial charge in [-0.05, 0) is 58.6 Å². The molecule has 0 aliphatic carbocycles. The summed E-state index contributed by atoms with van der Waals surface area (Å²) in [7, 11) is 5.85. The van der Waals surface area contributed by atoms with Gasteiger partial charge in [-0.1, -0.05) is 18.2 Å². The molecule has 1 heterocycles. The quantitative estimate of drug-likeness (QED) is 0.710. The van der Waals surface area contributed by atoms with E-state index in [1.807, 2.05) is 27.2 Å². The van der Waals surface area contributed by atoms with Crippen molar-refractivity contribution < 1.29 is 4.79 Å². The van der Waals surface area contributed by atoms with Gasteiger partial charge in [-0.15, -0.1) is 0 Å². The monoisotopic (exact) mass is 366 g/mol. The Hall–Kier alpha value is -2.53. The lowest BCUT2D eigenvalue weighted by Gasteiger charge is -2.21. The fourth-order valence-corrected chi connectivity index (χ4v) is 3.62. The minimum atomic E-state index is -0.0769. The van der Waals surface area contributed by atoms with E-state index >= 15 is 0 Å². The van der Waals surface area contributed by atoms with Gasteiger partial charge in [0.15, 0.2) is 0 Å². The summed E-state index contributed by atoms with van der Waals surface area (Å²) in [4.78, 5) is 16.4. The number of aromatic nitrogens is 1. The number of nitrogens with zero attached hydrogens (tertiary/aromatic N) is 3. The van der Waals surface area contributed by atoms with Crippen LogP contribution in [0.15, 0.2) is 36.4 Å². The molecule has 3 rings (SSSR count). The number of rotatable bonds is 5. The van der Waals surface area contributed by atoms with Gasteiger partial charge in [0.1, 0.15) is 0 Å². The summed E-state index contributed by atoms with van der Waals surface area (Å²) in [5.74, 6) is 0. The van der Waals surface area contributed by atoms with Gasteiger partial charge in [-0.3, -0.25) is 0 Å². The topological polar surface area (TPSA) is 40.5 Å². The highest BCUT2D eigenvalue weighted by Gasteiger charge is 2.17. The van der Waals surface area contributed by atoms with E-state index in [4.69, 9.17) is 0 Å². The van der Waals surface area contributed by atoms with Gasteiger partial charge in [0.2, 0.25) is 0 Å². The minimum absolute atomic E-state index is 0.0769. The van der Waals surface area contributed by atoms with Gasteiger partial charge >= 0.3 is 6.03 Å². The SMILES string of the molecule is Cc1c(NC(=O)N(C)CCN(C)C)ccc2c1c1ccccc1n2C(C)C. The summed E-state index contributed by atoms with van der Waals surface area (Å²) in [6, 6.07) is 12.9. The van der Waals surface area contributed by atoms with Gasteiger partial charge in [-0.25, -0.2) is 4.79 Å². The molecule has 2 aromatic carbocycles. The summed E-state index contributed by atoms with van der Waals surface area (Å²) in [5, 5.41) is 5.54. The maximum Gasteiger partial charge on any atom is 0.321 e. The molecule has 1 N–H and O–H groups in total. The molecule has 27 heavy (non-hydrogen) atoms. The van der Waals surface area contributed by atoms with Crippen LogP contribution in [0.1, 0.15) is 25.5 Å². The Balaban J connectivity index is 2.01. The van der Waals surface area contributed by atoms with E-state index in [9.17, 15) is 4.79 Å². The summed E-state index contributed by atoms with van der Waals surface area (Å²) in [6.45, 7) is 8.03. The molecular weight excluding hydrogens is 336 g/mol. The Bertz CT molecular complexity index is 971. The Morgan fingerprint density at radius 2 is 1.74 bits per heavy atom. The smallest absolute Gasteiger partial charge is 0.321 e. The first-order valence-electron chi connectivity index (χ1n) is 9.50. The molecule has 0 saturated carbocycles. The Kier molecular flexibility index (Phi) is 5.42. The summed E-state index contributed by atoms with van der Waals surface area (Å²) in [5.41, 5.74) is 4.42. The average molecular weight is 367 g/mol. The number of aryl methyl sites for hydroxylation is 1. The van der Waals surface area contributed by atoms with Crippen molar-refractivity contribution in [1.82, 2.24) is 14.4 Å². The van der Waals surface area contributed by atoms with Crippen LogP contribution in [-0.4, -0.2) is 54.6 Å². The number of benzene rings is 2. The van der Waals surface area contributed by atoms with E-state index < -0.39 is 0 Å². The second kappa shape index (κ2) is 7.61. The molecule has 0 aliphatic heterocycles. The fourth-order valence-electron chi connectivity index (χ4n) is 3.62. The molecule has 144 valence electrons.